The van der Waals surface area contributed by atoms with E-state index in [1.807, 2.05) is 6.92 Å². The van der Waals surface area contributed by atoms with E-state index in [0.29, 0.717) is 13.0 Å². The van der Waals surface area contributed by atoms with Gasteiger partial charge in [-0.15, -0.1) is 0 Å². The summed E-state index contributed by atoms with van der Waals surface area (Å²) in [5.41, 5.74) is 3.51. The van der Waals surface area contributed by atoms with Crippen LogP contribution in [0.2, 0.25) is 0 Å². The second-order valence-corrected chi connectivity index (χ2v) is 6.27. The lowest BCUT2D eigenvalue weighted by atomic mass is 9.83. The topological polar surface area (TPSA) is 29.5 Å². The van der Waals surface area contributed by atoms with Gasteiger partial charge in [0.15, 0.2) is 0 Å². The molecule has 1 unspecified atom stereocenters. The van der Waals surface area contributed by atoms with Crippen molar-refractivity contribution in [3.8, 4) is 0 Å². The Balaban J connectivity index is 2.36. The Morgan fingerprint density at radius 2 is 1.95 bits per heavy atom. The van der Waals surface area contributed by atoms with Gasteiger partial charge in [-0.25, -0.2) is 0 Å². The van der Waals surface area contributed by atoms with E-state index < -0.39 is 0 Å². The number of benzene rings is 1. The summed E-state index contributed by atoms with van der Waals surface area (Å²) in [4.78, 5) is 14.6. The Morgan fingerprint density at radius 1 is 1.29 bits per heavy atom. The molecule has 2 rings (SSSR count). The number of ether oxygens (including phenoxy) is 1. The van der Waals surface area contributed by atoms with E-state index in [1.165, 1.54) is 29.5 Å². The molecular formula is C18H27NO2. The minimum absolute atomic E-state index is 0.105. The van der Waals surface area contributed by atoms with Crippen molar-refractivity contribution in [2.75, 3.05) is 19.7 Å². The molecule has 1 atom stereocenters. The van der Waals surface area contributed by atoms with Crippen LogP contribution in [0, 0.1) is 13.8 Å². The minimum atomic E-state index is -0.263. The van der Waals surface area contributed by atoms with Gasteiger partial charge in [-0.05, 0) is 64.8 Å². The van der Waals surface area contributed by atoms with Crippen molar-refractivity contribution in [2.24, 2.45) is 0 Å². The van der Waals surface area contributed by atoms with Gasteiger partial charge in [0.25, 0.3) is 0 Å². The fourth-order valence-electron chi connectivity index (χ4n) is 3.50. The van der Waals surface area contributed by atoms with Crippen LogP contribution in [-0.2, 0) is 15.1 Å². The van der Waals surface area contributed by atoms with Gasteiger partial charge >= 0.3 is 5.97 Å². The van der Waals surface area contributed by atoms with Crippen LogP contribution < -0.4 is 0 Å². The summed E-state index contributed by atoms with van der Waals surface area (Å²) in [5.74, 6) is -0.105. The highest BCUT2D eigenvalue weighted by Gasteiger charge is 2.38. The summed E-state index contributed by atoms with van der Waals surface area (Å²) in [6.07, 6.45) is 2.84. The Hall–Kier alpha value is -1.35. The Bertz CT molecular complexity index is 506. The van der Waals surface area contributed by atoms with Crippen LogP contribution in [0.25, 0.3) is 0 Å². The third-order valence-electron chi connectivity index (χ3n) is 4.56. The van der Waals surface area contributed by atoms with Crippen molar-refractivity contribution in [2.45, 2.75) is 52.5 Å². The molecule has 0 bridgehead atoms. The lowest BCUT2D eigenvalue weighted by Gasteiger charge is -2.39. The first-order valence-corrected chi connectivity index (χ1v) is 7.96. The van der Waals surface area contributed by atoms with Gasteiger partial charge in [-0.1, -0.05) is 23.8 Å². The quantitative estimate of drug-likeness (QED) is 0.776. The number of aryl methyl sites for hydroxylation is 2. The fourth-order valence-corrected chi connectivity index (χ4v) is 3.50. The molecule has 21 heavy (non-hydrogen) atoms. The molecule has 0 radical (unpaired) electrons. The molecule has 0 saturated carbocycles. The van der Waals surface area contributed by atoms with Gasteiger partial charge < -0.3 is 4.74 Å². The van der Waals surface area contributed by atoms with Gasteiger partial charge in [0, 0.05) is 0 Å². The van der Waals surface area contributed by atoms with E-state index in [2.05, 4.69) is 43.9 Å². The van der Waals surface area contributed by atoms with E-state index in [-0.39, 0.29) is 11.5 Å². The van der Waals surface area contributed by atoms with Gasteiger partial charge in [-0.2, -0.15) is 0 Å². The minimum Gasteiger partial charge on any atom is -0.466 e. The highest BCUT2D eigenvalue weighted by atomic mass is 16.5. The molecule has 1 aromatic rings. The number of esters is 1. The number of nitrogens with zero attached hydrogens (tertiary/aromatic N) is 1. The first-order valence-electron chi connectivity index (χ1n) is 7.96. The lowest BCUT2D eigenvalue weighted by Crippen LogP contribution is -2.44. The highest BCUT2D eigenvalue weighted by molar-refractivity contribution is 5.71. The SMILES string of the molecule is CCOC(=O)CC(C)(c1ccc(C)cc1C)N1CCCC1. The number of carbonyl (C=O) groups is 1. The average molecular weight is 289 g/mol. The third kappa shape index (κ3) is 3.46. The first kappa shape index (κ1) is 16.0. The van der Waals surface area contributed by atoms with Crippen molar-refractivity contribution in [1.82, 2.24) is 4.90 Å². The molecule has 1 aromatic carbocycles. The maximum atomic E-state index is 12.1. The second-order valence-electron chi connectivity index (χ2n) is 6.27. The zero-order chi connectivity index (χ0) is 15.5. The van der Waals surface area contributed by atoms with Gasteiger partial charge in [0.1, 0.15) is 0 Å². The van der Waals surface area contributed by atoms with Gasteiger partial charge in [0.05, 0.1) is 18.6 Å². The normalized spacial score (nSPS) is 18.5. The van der Waals surface area contributed by atoms with Crippen LogP contribution in [0.3, 0.4) is 0 Å². The van der Waals surface area contributed by atoms with Crippen LogP contribution in [0.5, 0.6) is 0 Å². The van der Waals surface area contributed by atoms with Crippen molar-refractivity contribution >= 4 is 5.97 Å². The molecule has 116 valence electrons. The average Bonchev–Trinajstić information content (AvgIpc) is 2.92. The molecule has 0 aromatic heterocycles. The maximum Gasteiger partial charge on any atom is 0.307 e. The highest BCUT2D eigenvalue weighted by Crippen LogP contribution is 2.37. The molecular weight excluding hydrogens is 262 g/mol. The largest absolute Gasteiger partial charge is 0.466 e. The molecule has 1 aliphatic rings. The number of hydrogen-bond donors (Lipinski definition) is 0. The van der Waals surface area contributed by atoms with Crippen molar-refractivity contribution in [3.63, 3.8) is 0 Å². The predicted octanol–water partition coefficient (Wildman–Crippen LogP) is 3.57. The summed E-state index contributed by atoms with van der Waals surface area (Å²) in [7, 11) is 0. The van der Waals surface area contributed by atoms with Gasteiger partial charge in [0.2, 0.25) is 0 Å². The second kappa shape index (κ2) is 6.61. The fraction of sp³-hybridized carbons (Fsp3) is 0.611. The molecule has 0 spiro atoms. The third-order valence-corrected chi connectivity index (χ3v) is 4.56. The standard InChI is InChI=1S/C18H27NO2/c1-5-21-17(20)13-18(4,19-10-6-7-11-19)16-9-8-14(2)12-15(16)3/h8-9,12H,5-7,10-11,13H2,1-4H3. The zero-order valence-corrected chi connectivity index (χ0v) is 13.7. The van der Waals surface area contributed by atoms with Crippen LogP contribution in [0.4, 0.5) is 0 Å². The van der Waals surface area contributed by atoms with Crippen molar-refractivity contribution in [1.29, 1.82) is 0 Å². The Kier molecular flexibility index (Phi) is 5.04. The lowest BCUT2D eigenvalue weighted by molar-refractivity contribution is -0.146. The molecule has 1 aliphatic heterocycles. The van der Waals surface area contributed by atoms with E-state index >= 15 is 0 Å². The molecule has 0 N–H and O–H groups in total. The molecule has 1 heterocycles. The monoisotopic (exact) mass is 289 g/mol. The summed E-state index contributed by atoms with van der Waals surface area (Å²) in [6, 6.07) is 6.53. The van der Waals surface area contributed by atoms with E-state index in [1.54, 1.807) is 0 Å². The number of likely N-dealkylation sites (tertiary alicyclic amines) is 1. The van der Waals surface area contributed by atoms with Gasteiger partial charge in [-0.3, -0.25) is 9.69 Å². The Labute approximate surface area is 128 Å². The summed E-state index contributed by atoms with van der Waals surface area (Å²) in [5, 5.41) is 0. The summed E-state index contributed by atoms with van der Waals surface area (Å²) < 4.78 is 5.22. The predicted molar refractivity (Wildman–Crippen MR) is 85.3 cm³/mol. The first-order chi connectivity index (χ1) is 9.97. The van der Waals surface area contributed by atoms with Crippen LogP contribution in [0.15, 0.2) is 18.2 Å². The smallest absolute Gasteiger partial charge is 0.307 e. The van der Waals surface area contributed by atoms with Crippen LogP contribution >= 0.6 is 0 Å². The summed E-state index contributed by atoms with van der Waals surface area (Å²) >= 11 is 0. The van der Waals surface area contributed by atoms with Crippen LogP contribution in [0.1, 0.15) is 49.8 Å². The molecule has 1 saturated heterocycles. The van der Waals surface area contributed by atoms with E-state index in [4.69, 9.17) is 4.74 Å². The molecule has 0 aliphatic carbocycles. The zero-order valence-electron chi connectivity index (χ0n) is 13.7. The molecule has 1 fully saturated rings. The van der Waals surface area contributed by atoms with Crippen LogP contribution in [-0.4, -0.2) is 30.6 Å². The number of carbonyl (C=O) groups excluding carboxylic acids is 1. The Morgan fingerprint density at radius 3 is 2.52 bits per heavy atom. The van der Waals surface area contributed by atoms with E-state index in [0.717, 1.165) is 13.1 Å². The maximum absolute atomic E-state index is 12.1. The van der Waals surface area contributed by atoms with Crippen molar-refractivity contribution in [3.05, 3.63) is 34.9 Å². The molecule has 3 heteroatoms. The van der Waals surface area contributed by atoms with Crippen molar-refractivity contribution < 1.29 is 9.53 Å². The molecule has 0 amide bonds. The number of hydrogen-bond acceptors (Lipinski definition) is 3. The molecule has 3 nitrogen and oxygen atoms in total. The van der Waals surface area contributed by atoms with E-state index in [9.17, 15) is 4.79 Å². The number of rotatable bonds is 5. The summed E-state index contributed by atoms with van der Waals surface area (Å²) in [6.45, 7) is 10.9.